The Bertz CT molecular complexity index is 707. The quantitative estimate of drug-likeness (QED) is 0.743. The summed E-state index contributed by atoms with van der Waals surface area (Å²) in [6.07, 6.45) is 3.47. The van der Waals surface area contributed by atoms with Gasteiger partial charge < -0.3 is 9.42 Å². The van der Waals surface area contributed by atoms with Crippen LogP contribution < -0.4 is 0 Å². The molecule has 1 aliphatic rings. The molecule has 0 aliphatic heterocycles. The Morgan fingerprint density at radius 3 is 2.44 bits per heavy atom. The standard InChI is InChI=1S/C21H28N2O2/c1-14(2)18-7-5-17(6-8-18)13-23(19-9-10-19)21(24)12-11-20-15(3)22-25-16(20)4/h5-8,14,19H,9-13H2,1-4H3. The van der Waals surface area contributed by atoms with E-state index in [1.165, 1.54) is 11.1 Å². The fraction of sp³-hybridized carbons (Fsp3) is 0.524. The van der Waals surface area contributed by atoms with Gasteiger partial charge in [0.2, 0.25) is 5.91 Å². The van der Waals surface area contributed by atoms with Crippen molar-refractivity contribution >= 4 is 5.91 Å². The first-order chi connectivity index (χ1) is 12.0. The van der Waals surface area contributed by atoms with E-state index in [1.807, 2.05) is 13.8 Å². The van der Waals surface area contributed by atoms with E-state index in [1.54, 1.807) is 0 Å². The molecule has 0 spiro atoms. The Morgan fingerprint density at radius 2 is 1.92 bits per heavy atom. The van der Waals surface area contributed by atoms with E-state index in [0.717, 1.165) is 29.9 Å². The zero-order chi connectivity index (χ0) is 18.0. The first kappa shape index (κ1) is 17.7. The monoisotopic (exact) mass is 340 g/mol. The normalized spacial score (nSPS) is 14.1. The van der Waals surface area contributed by atoms with Crippen molar-refractivity contribution in [1.29, 1.82) is 0 Å². The number of aryl methyl sites for hydroxylation is 2. The van der Waals surface area contributed by atoms with E-state index in [4.69, 9.17) is 4.52 Å². The van der Waals surface area contributed by atoms with Crippen molar-refractivity contribution < 1.29 is 9.32 Å². The fourth-order valence-corrected chi connectivity index (χ4v) is 3.25. The molecule has 0 radical (unpaired) electrons. The van der Waals surface area contributed by atoms with Crippen molar-refractivity contribution in [1.82, 2.24) is 10.1 Å². The van der Waals surface area contributed by atoms with Gasteiger partial charge in [-0.3, -0.25) is 4.79 Å². The SMILES string of the molecule is Cc1noc(C)c1CCC(=O)N(Cc1ccc(C(C)C)cc1)C1CC1. The number of rotatable bonds is 7. The van der Waals surface area contributed by atoms with E-state index in [-0.39, 0.29) is 5.91 Å². The molecule has 0 bridgehead atoms. The molecule has 3 rings (SSSR count). The smallest absolute Gasteiger partial charge is 0.223 e. The van der Waals surface area contributed by atoms with Crippen molar-refractivity contribution in [3.63, 3.8) is 0 Å². The number of hydrogen-bond donors (Lipinski definition) is 0. The second-order valence-electron chi connectivity index (χ2n) is 7.45. The molecular formula is C21H28N2O2. The van der Waals surface area contributed by atoms with Crippen molar-refractivity contribution in [2.75, 3.05) is 0 Å². The van der Waals surface area contributed by atoms with Gasteiger partial charge in [-0.2, -0.15) is 0 Å². The van der Waals surface area contributed by atoms with Crippen molar-refractivity contribution in [2.24, 2.45) is 0 Å². The summed E-state index contributed by atoms with van der Waals surface area (Å²) < 4.78 is 5.20. The van der Waals surface area contributed by atoms with Crippen LogP contribution in [0, 0.1) is 13.8 Å². The van der Waals surface area contributed by atoms with Gasteiger partial charge >= 0.3 is 0 Å². The summed E-state index contributed by atoms with van der Waals surface area (Å²) >= 11 is 0. The third-order valence-electron chi connectivity index (χ3n) is 5.08. The molecule has 0 saturated heterocycles. The summed E-state index contributed by atoms with van der Waals surface area (Å²) in [6.45, 7) is 8.96. The second-order valence-corrected chi connectivity index (χ2v) is 7.45. The largest absolute Gasteiger partial charge is 0.361 e. The molecule has 1 aliphatic carbocycles. The van der Waals surface area contributed by atoms with Crippen LogP contribution in [0.15, 0.2) is 28.8 Å². The molecule has 1 aromatic carbocycles. The minimum absolute atomic E-state index is 0.232. The van der Waals surface area contributed by atoms with Crippen LogP contribution in [-0.4, -0.2) is 22.0 Å². The highest BCUT2D eigenvalue weighted by Gasteiger charge is 2.32. The summed E-state index contributed by atoms with van der Waals surface area (Å²) in [6, 6.07) is 9.10. The predicted octanol–water partition coefficient (Wildman–Crippen LogP) is 4.54. The highest BCUT2D eigenvalue weighted by atomic mass is 16.5. The Hall–Kier alpha value is -2.10. The van der Waals surface area contributed by atoms with E-state index in [0.29, 0.717) is 31.3 Å². The van der Waals surface area contributed by atoms with Crippen molar-refractivity contribution in [3.05, 3.63) is 52.4 Å². The molecule has 1 saturated carbocycles. The van der Waals surface area contributed by atoms with Crippen LogP contribution in [0.4, 0.5) is 0 Å². The molecule has 4 nitrogen and oxygen atoms in total. The Labute approximate surface area is 150 Å². The van der Waals surface area contributed by atoms with E-state index < -0.39 is 0 Å². The minimum atomic E-state index is 0.232. The molecule has 134 valence electrons. The topological polar surface area (TPSA) is 46.3 Å². The van der Waals surface area contributed by atoms with Gasteiger partial charge in [-0.25, -0.2) is 0 Å². The van der Waals surface area contributed by atoms with Crippen LogP contribution in [0.2, 0.25) is 0 Å². The van der Waals surface area contributed by atoms with E-state index in [9.17, 15) is 4.79 Å². The molecule has 2 aromatic rings. The Morgan fingerprint density at radius 1 is 1.24 bits per heavy atom. The Balaban J connectivity index is 1.63. The van der Waals surface area contributed by atoms with Gasteiger partial charge in [-0.1, -0.05) is 43.3 Å². The summed E-state index contributed by atoms with van der Waals surface area (Å²) in [4.78, 5) is 14.9. The lowest BCUT2D eigenvalue weighted by molar-refractivity contribution is -0.132. The van der Waals surface area contributed by atoms with Crippen LogP contribution in [0.5, 0.6) is 0 Å². The van der Waals surface area contributed by atoms with Gasteiger partial charge in [0.25, 0.3) is 0 Å². The number of nitrogens with zero attached hydrogens (tertiary/aromatic N) is 2. The van der Waals surface area contributed by atoms with Gasteiger partial charge in [0.1, 0.15) is 5.76 Å². The van der Waals surface area contributed by atoms with Crippen LogP contribution in [0.3, 0.4) is 0 Å². The van der Waals surface area contributed by atoms with Crippen LogP contribution in [0.25, 0.3) is 0 Å². The lowest BCUT2D eigenvalue weighted by atomic mass is 10.0. The lowest BCUT2D eigenvalue weighted by Crippen LogP contribution is -2.32. The van der Waals surface area contributed by atoms with Crippen LogP contribution in [-0.2, 0) is 17.8 Å². The zero-order valence-corrected chi connectivity index (χ0v) is 15.7. The Kier molecular flexibility index (Phi) is 5.26. The molecule has 1 heterocycles. The number of aromatic nitrogens is 1. The molecule has 1 aromatic heterocycles. The molecular weight excluding hydrogens is 312 g/mol. The number of carbonyl (C=O) groups excluding carboxylic acids is 1. The summed E-state index contributed by atoms with van der Waals surface area (Å²) in [7, 11) is 0. The molecule has 25 heavy (non-hydrogen) atoms. The number of hydrogen-bond acceptors (Lipinski definition) is 3. The van der Waals surface area contributed by atoms with Crippen LogP contribution in [0.1, 0.15) is 67.2 Å². The first-order valence-electron chi connectivity index (χ1n) is 9.25. The van der Waals surface area contributed by atoms with E-state index in [2.05, 4.69) is 48.2 Å². The van der Waals surface area contributed by atoms with Gasteiger partial charge in [-0.15, -0.1) is 0 Å². The average molecular weight is 340 g/mol. The van der Waals surface area contributed by atoms with E-state index >= 15 is 0 Å². The predicted molar refractivity (Wildman–Crippen MR) is 98.4 cm³/mol. The number of benzene rings is 1. The maximum absolute atomic E-state index is 12.8. The lowest BCUT2D eigenvalue weighted by Gasteiger charge is -2.23. The third kappa shape index (κ3) is 4.30. The molecule has 0 N–H and O–H groups in total. The molecule has 0 atom stereocenters. The minimum Gasteiger partial charge on any atom is -0.361 e. The molecule has 1 amide bonds. The average Bonchev–Trinajstić information content (AvgIpc) is 3.38. The summed E-state index contributed by atoms with van der Waals surface area (Å²) in [5, 5.41) is 3.98. The van der Waals surface area contributed by atoms with Gasteiger partial charge in [-0.05, 0) is 50.2 Å². The summed E-state index contributed by atoms with van der Waals surface area (Å²) in [5.41, 5.74) is 4.52. The fourth-order valence-electron chi connectivity index (χ4n) is 3.25. The van der Waals surface area contributed by atoms with Crippen molar-refractivity contribution in [2.45, 2.75) is 71.9 Å². The molecule has 1 fully saturated rings. The highest BCUT2D eigenvalue weighted by Crippen LogP contribution is 2.30. The number of carbonyl (C=O) groups is 1. The second kappa shape index (κ2) is 7.42. The van der Waals surface area contributed by atoms with Gasteiger partial charge in [0.15, 0.2) is 0 Å². The zero-order valence-electron chi connectivity index (χ0n) is 15.7. The number of amides is 1. The maximum atomic E-state index is 12.8. The van der Waals surface area contributed by atoms with Gasteiger partial charge in [0.05, 0.1) is 5.69 Å². The maximum Gasteiger partial charge on any atom is 0.223 e. The third-order valence-corrected chi connectivity index (χ3v) is 5.08. The van der Waals surface area contributed by atoms with Crippen LogP contribution >= 0.6 is 0 Å². The summed E-state index contributed by atoms with van der Waals surface area (Å²) in [5.74, 6) is 1.59. The van der Waals surface area contributed by atoms with Gasteiger partial charge in [0, 0.05) is 24.6 Å². The molecule has 4 heteroatoms. The van der Waals surface area contributed by atoms with Crippen molar-refractivity contribution in [3.8, 4) is 0 Å². The highest BCUT2D eigenvalue weighted by molar-refractivity contribution is 5.77. The molecule has 0 unspecified atom stereocenters. The first-order valence-corrected chi connectivity index (χ1v) is 9.25.